The van der Waals surface area contributed by atoms with Gasteiger partial charge in [0, 0.05) is 5.69 Å². The van der Waals surface area contributed by atoms with E-state index in [-0.39, 0.29) is 12.0 Å². The maximum atomic E-state index is 12.1. The Balaban J connectivity index is 1.97. The SMILES string of the molecule is CCc1cccc(C)c1NC(=O)NC(N)=NCc1ccccc1. The van der Waals surface area contributed by atoms with Crippen molar-refractivity contribution in [3.05, 3.63) is 65.2 Å². The molecule has 0 unspecified atom stereocenters. The summed E-state index contributed by atoms with van der Waals surface area (Å²) in [7, 11) is 0. The molecule has 120 valence electrons. The summed E-state index contributed by atoms with van der Waals surface area (Å²) in [6, 6.07) is 15.3. The van der Waals surface area contributed by atoms with Gasteiger partial charge in [-0.1, -0.05) is 55.5 Å². The molecular weight excluding hydrogens is 288 g/mol. The number of nitrogens with one attached hydrogen (secondary N) is 2. The monoisotopic (exact) mass is 310 g/mol. The van der Waals surface area contributed by atoms with Gasteiger partial charge in [-0.2, -0.15) is 0 Å². The molecule has 0 radical (unpaired) electrons. The second-order valence-electron chi connectivity index (χ2n) is 5.23. The Bertz CT molecular complexity index is 695. The first-order valence-corrected chi connectivity index (χ1v) is 7.60. The fourth-order valence-corrected chi connectivity index (χ4v) is 2.26. The molecule has 0 fully saturated rings. The van der Waals surface area contributed by atoms with Crippen LogP contribution in [0.4, 0.5) is 10.5 Å². The lowest BCUT2D eigenvalue weighted by atomic mass is 10.1. The molecule has 23 heavy (non-hydrogen) atoms. The van der Waals surface area contributed by atoms with Crippen LogP contribution in [-0.4, -0.2) is 12.0 Å². The van der Waals surface area contributed by atoms with Crippen LogP contribution in [0.15, 0.2) is 53.5 Å². The van der Waals surface area contributed by atoms with Crippen LogP contribution >= 0.6 is 0 Å². The fraction of sp³-hybridized carbons (Fsp3) is 0.222. The number of hydrogen-bond donors (Lipinski definition) is 3. The number of hydrogen-bond acceptors (Lipinski definition) is 2. The fourth-order valence-electron chi connectivity index (χ4n) is 2.26. The topological polar surface area (TPSA) is 79.5 Å². The summed E-state index contributed by atoms with van der Waals surface area (Å²) in [5.41, 5.74) is 9.71. The van der Waals surface area contributed by atoms with Gasteiger partial charge < -0.3 is 11.1 Å². The number of nitrogens with two attached hydrogens (primary N) is 1. The summed E-state index contributed by atoms with van der Waals surface area (Å²) in [6.45, 7) is 4.44. The number of rotatable bonds is 4. The van der Waals surface area contributed by atoms with Crippen molar-refractivity contribution in [3.63, 3.8) is 0 Å². The van der Waals surface area contributed by atoms with Crippen molar-refractivity contribution >= 4 is 17.7 Å². The largest absolute Gasteiger partial charge is 0.370 e. The van der Waals surface area contributed by atoms with Gasteiger partial charge in [0.15, 0.2) is 5.96 Å². The summed E-state index contributed by atoms with van der Waals surface area (Å²) in [6.07, 6.45) is 0.842. The van der Waals surface area contributed by atoms with Crippen molar-refractivity contribution in [2.75, 3.05) is 5.32 Å². The lowest BCUT2D eigenvalue weighted by Gasteiger charge is -2.13. The number of urea groups is 1. The van der Waals surface area contributed by atoms with E-state index in [9.17, 15) is 4.79 Å². The highest BCUT2D eigenvalue weighted by Gasteiger charge is 2.09. The molecule has 0 spiro atoms. The number of aliphatic imine (C=N–C) groups is 1. The number of nitrogens with zero attached hydrogens (tertiary/aromatic N) is 1. The molecule has 0 aliphatic carbocycles. The van der Waals surface area contributed by atoms with Gasteiger partial charge in [0.2, 0.25) is 0 Å². The highest BCUT2D eigenvalue weighted by molar-refractivity contribution is 6.02. The van der Waals surface area contributed by atoms with E-state index >= 15 is 0 Å². The van der Waals surface area contributed by atoms with Crippen LogP contribution in [0, 0.1) is 6.92 Å². The Morgan fingerprint density at radius 3 is 2.57 bits per heavy atom. The predicted molar refractivity (Wildman–Crippen MR) is 94.5 cm³/mol. The molecule has 0 atom stereocenters. The average molecular weight is 310 g/mol. The standard InChI is InChI=1S/C18H22N4O/c1-3-15-11-7-8-13(2)16(15)21-18(23)22-17(19)20-12-14-9-5-4-6-10-14/h4-11H,3,12H2,1-2H3,(H4,19,20,21,22,23). The van der Waals surface area contributed by atoms with Crippen molar-refractivity contribution in [2.45, 2.75) is 26.8 Å². The molecule has 0 aromatic heterocycles. The van der Waals surface area contributed by atoms with E-state index in [0.717, 1.165) is 28.8 Å². The molecule has 5 heteroatoms. The Hall–Kier alpha value is -2.82. The number of guanidine groups is 1. The highest BCUT2D eigenvalue weighted by atomic mass is 16.2. The van der Waals surface area contributed by atoms with Crippen LogP contribution in [0.1, 0.15) is 23.6 Å². The van der Waals surface area contributed by atoms with E-state index in [2.05, 4.69) is 15.6 Å². The van der Waals surface area contributed by atoms with Crippen LogP contribution in [0.2, 0.25) is 0 Å². The molecule has 2 amide bonds. The van der Waals surface area contributed by atoms with E-state index in [1.165, 1.54) is 0 Å². The molecule has 0 saturated heterocycles. The molecular formula is C18H22N4O. The van der Waals surface area contributed by atoms with Crippen molar-refractivity contribution in [1.29, 1.82) is 0 Å². The van der Waals surface area contributed by atoms with Gasteiger partial charge in [-0.3, -0.25) is 5.32 Å². The molecule has 0 aliphatic heterocycles. The van der Waals surface area contributed by atoms with Crippen molar-refractivity contribution in [2.24, 2.45) is 10.7 Å². The Morgan fingerprint density at radius 2 is 1.87 bits per heavy atom. The van der Waals surface area contributed by atoms with Gasteiger partial charge in [0.1, 0.15) is 0 Å². The first-order valence-electron chi connectivity index (χ1n) is 7.60. The third-order valence-electron chi connectivity index (χ3n) is 3.49. The molecule has 4 N–H and O–H groups in total. The van der Waals surface area contributed by atoms with E-state index in [1.54, 1.807) is 0 Å². The lowest BCUT2D eigenvalue weighted by molar-refractivity contribution is 0.256. The minimum Gasteiger partial charge on any atom is -0.370 e. The van der Waals surface area contributed by atoms with Crippen LogP contribution < -0.4 is 16.4 Å². The third-order valence-corrected chi connectivity index (χ3v) is 3.49. The molecule has 2 rings (SSSR count). The number of carbonyl (C=O) groups excluding carboxylic acids is 1. The third kappa shape index (κ3) is 4.85. The highest BCUT2D eigenvalue weighted by Crippen LogP contribution is 2.20. The van der Waals surface area contributed by atoms with Gasteiger partial charge in [-0.25, -0.2) is 9.79 Å². The molecule has 0 heterocycles. The van der Waals surface area contributed by atoms with Crippen molar-refractivity contribution in [1.82, 2.24) is 5.32 Å². The molecule has 0 bridgehead atoms. The van der Waals surface area contributed by atoms with E-state index in [1.807, 2.05) is 62.4 Å². The number of benzene rings is 2. The van der Waals surface area contributed by atoms with Crippen LogP contribution in [-0.2, 0) is 13.0 Å². The zero-order chi connectivity index (χ0) is 16.7. The second-order valence-corrected chi connectivity index (χ2v) is 5.23. The number of aryl methyl sites for hydroxylation is 2. The van der Waals surface area contributed by atoms with Gasteiger partial charge in [0.25, 0.3) is 0 Å². The zero-order valence-corrected chi connectivity index (χ0v) is 13.5. The minimum atomic E-state index is -0.386. The molecule has 5 nitrogen and oxygen atoms in total. The Kier molecular flexibility index (Phi) is 5.74. The van der Waals surface area contributed by atoms with Gasteiger partial charge in [-0.05, 0) is 30.0 Å². The van der Waals surface area contributed by atoms with Crippen molar-refractivity contribution in [3.8, 4) is 0 Å². The maximum absolute atomic E-state index is 12.1. The summed E-state index contributed by atoms with van der Waals surface area (Å²) in [5, 5.41) is 5.40. The van der Waals surface area contributed by atoms with Crippen LogP contribution in [0.5, 0.6) is 0 Å². The summed E-state index contributed by atoms with van der Waals surface area (Å²) < 4.78 is 0. The zero-order valence-electron chi connectivity index (χ0n) is 13.5. The van der Waals surface area contributed by atoms with Crippen molar-refractivity contribution < 1.29 is 4.79 Å². The first-order chi connectivity index (χ1) is 11.1. The Labute approximate surface area is 136 Å². The van der Waals surface area contributed by atoms with Gasteiger partial charge in [-0.15, -0.1) is 0 Å². The first kappa shape index (κ1) is 16.5. The smallest absolute Gasteiger partial charge is 0.326 e. The normalized spacial score (nSPS) is 11.1. The van der Waals surface area contributed by atoms with E-state index < -0.39 is 0 Å². The molecule has 2 aromatic rings. The number of anilines is 1. The molecule has 2 aromatic carbocycles. The summed E-state index contributed by atoms with van der Waals surface area (Å²) in [4.78, 5) is 16.2. The number of amides is 2. The average Bonchev–Trinajstić information content (AvgIpc) is 2.55. The number of carbonyl (C=O) groups is 1. The Morgan fingerprint density at radius 1 is 1.13 bits per heavy atom. The molecule has 0 aliphatic rings. The van der Waals surface area contributed by atoms with Crippen LogP contribution in [0.3, 0.4) is 0 Å². The van der Waals surface area contributed by atoms with Crippen LogP contribution in [0.25, 0.3) is 0 Å². The summed E-state index contributed by atoms with van der Waals surface area (Å²) >= 11 is 0. The quantitative estimate of drug-likeness (QED) is 0.599. The van der Waals surface area contributed by atoms with Gasteiger partial charge >= 0.3 is 6.03 Å². The van der Waals surface area contributed by atoms with E-state index in [4.69, 9.17) is 5.73 Å². The predicted octanol–water partition coefficient (Wildman–Crippen LogP) is 3.19. The summed E-state index contributed by atoms with van der Waals surface area (Å²) in [5.74, 6) is 0.0954. The van der Waals surface area contributed by atoms with E-state index in [0.29, 0.717) is 6.54 Å². The maximum Gasteiger partial charge on any atom is 0.326 e. The number of para-hydroxylation sites is 1. The minimum absolute atomic E-state index is 0.0954. The lowest BCUT2D eigenvalue weighted by Crippen LogP contribution is -2.39. The second kappa shape index (κ2) is 7.98. The molecule has 0 saturated carbocycles. The van der Waals surface area contributed by atoms with Gasteiger partial charge in [0.05, 0.1) is 6.54 Å².